The standard InChI is InChI=1S/C23H25N3O3S/c1-4-17(18-10-6-5-7-11-18)14-25-21(27)16(3)29-23(28)20-15(2)26-22(30-20)19-12-8-9-13-24-19/h5-13,16-17H,4,14H2,1-3H3,(H,25,27)/t16-,17-/m1/s1. The number of aryl methyl sites for hydroxylation is 1. The fourth-order valence-corrected chi connectivity index (χ4v) is 3.97. The van der Waals surface area contributed by atoms with Crippen LogP contribution in [0.15, 0.2) is 54.7 Å². The second-order valence-corrected chi connectivity index (χ2v) is 7.96. The smallest absolute Gasteiger partial charge is 0.351 e. The molecule has 0 spiro atoms. The lowest BCUT2D eigenvalue weighted by atomic mass is 9.96. The molecule has 1 N–H and O–H groups in total. The van der Waals surface area contributed by atoms with Crippen molar-refractivity contribution in [3.8, 4) is 10.7 Å². The molecule has 0 unspecified atom stereocenters. The third-order valence-electron chi connectivity index (χ3n) is 4.81. The Morgan fingerprint density at radius 1 is 1.13 bits per heavy atom. The minimum Gasteiger partial charge on any atom is -0.448 e. The molecule has 0 fully saturated rings. The van der Waals surface area contributed by atoms with Gasteiger partial charge in [0.15, 0.2) is 6.10 Å². The van der Waals surface area contributed by atoms with E-state index in [9.17, 15) is 9.59 Å². The van der Waals surface area contributed by atoms with Gasteiger partial charge in [0.05, 0.1) is 11.4 Å². The normalized spacial score (nSPS) is 12.8. The van der Waals surface area contributed by atoms with Gasteiger partial charge in [-0.25, -0.2) is 9.78 Å². The van der Waals surface area contributed by atoms with Crippen LogP contribution in [0.4, 0.5) is 0 Å². The van der Waals surface area contributed by atoms with Crippen LogP contribution in [-0.2, 0) is 9.53 Å². The highest BCUT2D eigenvalue weighted by molar-refractivity contribution is 7.17. The van der Waals surface area contributed by atoms with Gasteiger partial charge in [-0.05, 0) is 38.0 Å². The largest absolute Gasteiger partial charge is 0.448 e. The van der Waals surface area contributed by atoms with Gasteiger partial charge in [0.2, 0.25) is 0 Å². The topological polar surface area (TPSA) is 81.2 Å². The maximum absolute atomic E-state index is 12.6. The molecule has 1 aromatic carbocycles. The molecule has 2 atom stereocenters. The maximum atomic E-state index is 12.6. The fraction of sp³-hybridized carbons (Fsp3) is 0.304. The minimum atomic E-state index is -0.898. The van der Waals surface area contributed by atoms with Crippen molar-refractivity contribution < 1.29 is 14.3 Å². The molecule has 0 aliphatic rings. The Morgan fingerprint density at radius 2 is 1.87 bits per heavy atom. The minimum absolute atomic E-state index is 0.211. The molecule has 2 aromatic heterocycles. The molecule has 0 aliphatic heterocycles. The van der Waals surface area contributed by atoms with Gasteiger partial charge >= 0.3 is 5.97 Å². The van der Waals surface area contributed by atoms with Crippen LogP contribution in [0.2, 0.25) is 0 Å². The predicted molar refractivity (Wildman–Crippen MR) is 117 cm³/mol. The highest BCUT2D eigenvalue weighted by Crippen LogP contribution is 2.27. The zero-order chi connectivity index (χ0) is 21.5. The number of hydrogen-bond donors (Lipinski definition) is 1. The molecule has 0 saturated heterocycles. The van der Waals surface area contributed by atoms with Crippen LogP contribution in [-0.4, -0.2) is 34.5 Å². The zero-order valence-electron chi connectivity index (χ0n) is 17.3. The molecule has 0 aliphatic carbocycles. The van der Waals surface area contributed by atoms with E-state index >= 15 is 0 Å². The lowest BCUT2D eigenvalue weighted by Crippen LogP contribution is -2.38. The van der Waals surface area contributed by atoms with E-state index in [4.69, 9.17) is 4.74 Å². The summed E-state index contributed by atoms with van der Waals surface area (Å²) >= 11 is 1.21. The number of aromatic nitrogens is 2. The molecular weight excluding hydrogens is 398 g/mol. The maximum Gasteiger partial charge on any atom is 0.351 e. The van der Waals surface area contributed by atoms with Crippen molar-refractivity contribution in [1.82, 2.24) is 15.3 Å². The van der Waals surface area contributed by atoms with E-state index in [-0.39, 0.29) is 11.8 Å². The highest BCUT2D eigenvalue weighted by atomic mass is 32.1. The first kappa shape index (κ1) is 21.6. The van der Waals surface area contributed by atoms with Crippen LogP contribution in [0, 0.1) is 6.92 Å². The highest BCUT2D eigenvalue weighted by Gasteiger charge is 2.24. The van der Waals surface area contributed by atoms with E-state index in [1.165, 1.54) is 16.9 Å². The molecule has 3 rings (SSSR count). The summed E-state index contributed by atoms with van der Waals surface area (Å²) < 4.78 is 5.40. The number of pyridine rings is 1. The molecule has 30 heavy (non-hydrogen) atoms. The van der Waals surface area contributed by atoms with Crippen molar-refractivity contribution in [2.75, 3.05) is 6.54 Å². The first-order valence-electron chi connectivity index (χ1n) is 9.92. The van der Waals surface area contributed by atoms with Crippen LogP contribution in [0.25, 0.3) is 10.7 Å². The molecule has 0 saturated carbocycles. The lowest BCUT2D eigenvalue weighted by Gasteiger charge is -2.18. The van der Waals surface area contributed by atoms with E-state index < -0.39 is 12.1 Å². The Hall–Kier alpha value is -3.06. The zero-order valence-corrected chi connectivity index (χ0v) is 18.1. The quantitative estimate of drug-likeness (QED) is 0.544. The first-order valence-corrected chi connectivity index (χ1v) is 10.7. The molecule has 6 nitrogen and oxygen atoms in total. The van der Waals surface area contributed by atoms with Gasteiger partial charge in [-0.2, -0.15) is 0 Å². The molecule has 7 heteroatoms. The number of hydrogen-bond acceptors (Lipinski definition) is 6. The van der Waals surface area contributed by atoms with E-state index in [1.807, 2.05) is 36.4 Å². The molecule has 1 amide bonds. The van der Waals surface area contributed by atoms with Crippen LogP contribution < -0.4 is 5.32 Å². The average molecular weight is 424 g/mol. The van der Waals surface area contributed by atoms with Crippen molar-refractivity contribution in [3.05, 3.63) is 70.9 Å². The van der Waals surface area contributed by atoms with Crippen LogP contribution in [0.1, 0.15) is 47.1 Å². The van der Waals surface area contributed by atoms with Gasteiger partial charge in [-0.15, -0.1) is 11.3 Å². The van der Waals surface area contributed by atoms with E-state index in [0.29, 0.717) is 27.8 Å². The summed E-state index contributed by atoms with van der Waals surface area (Å²) in [4.78, 5) is 34.1. The molecule has 0 radical (unpaired) electrons. The monoisotopic (exact) mass is 423 g/mol. The summed E-state index contributed by atoms with van der Waals surface area (Å²) in [6.07, 6.45) is 1.68. The number of amides is 1. The van der Waals surface area contributed by atoms with Gasteiger partial charge in [-0.1, -0.05) is 43.3 Å². The van der Waals surface area contributed by atoms with E-state index in [0.717, 1.165) is 6.42 Å². The molecule has 156 valence electrons. The number of nitrogens with one attached hydrogen (secondary N) is 1. The Bertz CT molecular complexity index is 989. The lowest BCUT2D eigenvalue weighted by molar-refractivity contribution is -0.129. The van der Waals surface area contributed by atoms with Crippen LogP contribution in [0.3, 0.4) is 0 Å². The summed E-state index contributed by atoms with van der Waals surface area (Å²) in [5.74, 6) is -0.655. The third kappa shape index (κ3) is 5.30. The SMILES string of the molecule is CC[C@H](CNC(=O)[C@@H](C)OC(=O)c1sc(-c2ccccn2)nc1C)c1ccccc1. The van der Waals surface area contributed by atoms with Crippen molar-refractivity contribution in [2.24, 2.45) is 0 Å². The van der Waals surface area contributed by atoms with Gasteiger partial charge < -0.3 is 10.1 Å². The number of nitrogens with zero attached hydrogens (tertiary/aromatic N) is 2. The summed E-state index contributed by atoms with van der Waals surface area (Å²) in [6, 6.07) is 15.6. The second kappa shape index (κ2) is 10.1. The van der Waals surface area contributed by atoms with Gasteiger partial charge in [-0.3, -0.25) is 9.78 Å². The Kier molecular flexibility index (Phi) is 7.30. The van der Waals surface area contributed by atoms with E-state index in [2.05, 4.69) is 34.3 Å². The molecular formula is C23H25N3O3S. The summed E-state index contributed by atoms with van der Waals surface area (Å²) in [6.45, 7) is 5.90. The molecule has 3 aromatic rings. The number of ether oxygens (including phenoxy) is 1. The Balaban J connectivity index is 1.59. The Labute approximate surface area is 180 Å². The van der Waals surface area contributed by atoms with Crippen molar-refractivity contribution in [1.29, 1.82) is 0 Å². The number of rotatable bonds is 8. The van der Waals surface area contributed by atoms with Crippen LogP contribution in [0.5, 0.6) is 0 Å². The summed E-state index contributed by atoms with van der Waals surface area (Å²) in [7, 11) is 0. The molecule has 0 bridgehead atoms. The number of carbonyl (C=O) groups excluding carboxylic acids is 2. The predicted octanol–water partition coefficient (Wildman–Crippen LogP) is 4.37. The van der Waals surface area contributed by atoms with Crippen LogP contribution >= 0.6 is 11.3 Å². The summed E-state index contributed by atoms with van der Waals surface area (Å²) in [5.41, 5.74) is 2.43. The summed E-state index contributed by atoms with van der Waals surface area (Å²) in [5, 5.41) is 3.54. The number of thiazole rings is 1. The van der Waals surface area contributed by atoms with Gasteiger partial charge in [0, 0.05) is 18.7 Å². The van der Waals surface area contributed by atoms with Gasteiger partial charge in [0.1, 0.15) is 9.88 Å². The number of esters is 1. The average Bonchev–Trinajstić information content (AvgIpc) is 3.17. The third-order valence-corrected chi connectivity index (χ3v) is 5.97. The van der Waals surface area contributed by atoms with Crippen molar-refractivity contribution in [3.63, 3.8) is 0 Å². The van der Waals surface area contributed by atoms with Gasteiger partial charge in [0.25, 0.3) is 5.91 Å². The van der Waals surface area contributed by atoms with E-state index in [1.54, 1.807) is 20.0 Å². The fourth-order valence-electron chi connectivity index (χ4n) is 3.04. The number of carbonyl (C=O) groups is 2. The second-order valence-electron chi connectivity index (χ2n) is 6.96. The first-order chi connectivity index (χ1) is 14.5. The Morgan fingerprint density at radius 3 is 2.53 bits per heavy atom. The number of benzene rings is 1. The van der Waals surface area contributed by atoms with Crippen molar-refractivity contribution in [2.45, 2.75) is 39.2 Å². The molecule has 2 heterocycles. The van der Waals surface area contributed by atoms with Crippen molar-refractivity contribution >= 4 is 23.2 Å².